The molecule has 0 aliphatic heterocycles. The van der Waals surface area contributed by atoms with Gasteiger partial charge < -0.3 is 9.15 Å². The van der Waals surface area contributed by atoms with E-state index in [2.05, 4.69) is 10.2 Å². The number of rotatable bonds is 3. The first-order valence-corrected chi connectivity index (χ1v) is 4.97. The van der Waals surface area contributed by atoms with Gasteiger partial charge in [0.2, 0.25) is 0 Å². The first-order chi connectivity index (χ1) is 7.77. The summed E-state index contributed by atoms with van der Waals surface area (Å²) in [5.41, 5.74) is 1.69. The molecule has 2 heterocycles. The van der Waals surface area contributed by atoms with Gasteiger partial charge >= 0.3 is 5.97 Å². The lowest BCUT2D eigenvalue weighted by Crippen LogP contribution is -2.04. The molecule has 2 aromatic heterocycles. The van der Waals surface area contributed by atoms with Crippen LogP contribution in [0.25, 0.3) is 11.5 Å². The maximum Gasteiger partial charge on any atom is 0.342 e. The van der Waals surface area contributed by atoms with Crippen LogP contribution in [-0.2, 0) is 11.2 Å². The van der Waals surface area contributed by atoms with Crippen LogP contribution in [0, 0.1) is 0 Å². The number of aromatic amines is 1. The molecule has 16 heavy (non-hydrogen) atoms. The van der Waals surface area contributed by atoms with E-state index in [0.29, 0.717) is 23.4 Å². The zero-order chi connectivity index (χ0) is 11.5. The fourth-order valence-corrected chi connectivity index (χ4v) is 1.55. The van der Waals surface area contributed by atoms with Crippen LogP contribution in [0.3, 0.4) is 0 Å². The number of nitrogens with zero attached hydrogens (tertiary/aromatic N) is 1. The van der Waals surface area contributed by atoms with Crippen molar-refractivity contribution in [1.82, 2.24) is 10.2 Å². The summed E-state index contributed by atoms with van der Waals surface area (Å²) in [6.45, 7) is 1.94. The van der Waals surface area contributed by atoms with Gasteiger partial charge in [-0.3, -0.25) is 5.10 Å². The predicted octanol–water partition coefficient (Wildman–Crippen LogP) is 2.02. The average molecular weight is 220 g/mol. The highest BCUT2D eigenvalue weighted by molar-refractivity contribution is 5.96. The number of aromatic nitrogens is 2. The summed E-state index contributed by atoms with van der Waals surface area (Å²) in [6.07, 6.45) is 2.22. The van der Waals surface area contributed by atoms with Gasteiger partial charge in [0.05, 0.1) is 19.1 Å². The summed E-state index contributed by atoms with van der Waals surface area (Å²) in [4.78, 5) is 11.6. The molecule has 0 radical (unpaired) electrons. The molecule has 0 atom stereocenters. The van der Waals surface area contributed by atoms with Gasteiger partial charge in [-0.05, 0) is 18.6 Å². The van der Waals surface area contributed by atoms with Crippen molar-refractivity contribution in [2.75, 3.05) is 7.11 Å². The number of furan rings is 1. The van der Waals surface area contributed by atoms with E-state index in [1.807, 2.05) is 6.92 Å². The number of H-pyrrole nitrogens is 1. The Labute approximate surface area is 92.4 Å². The Balaban J connectivity index is 2.54. The van der Waals surface area contributed by atoms with Crippen molar-refractivity contribution in [1.29, 1.82) is 0 Å². The number of carbonyl (C=O) groups is 1. The lowest BCUT2D eigenvalue weighted by Gasteiger charge is -2.00. The third-order valence-electron chi connectivity index (χ3n) is 2.34. The number of hydrogen-bond donors (Lipinski definition) is 1. The van der Waals surface area contributed by atoms with Crippen molar-refractivity contribution in [2.45, 2.75) is 13.3 Å². The van der Waals surface area contributed by atoms with E-state index < -0.39 is 5.97 Å². The largest absolute Gasteiger partial charge is 0.465 e. The molecule has 0 spiro atoms. The quantitative estimate of drug-likeness (QED) is 0.803. The highest BCUT2D eigenvalue weighted by atomic mass is 16.5. The number of esters is 1. The van der Waals surface area contributed by atoms with Crippen molar-refractivity contribution >= 4 is 5.97 Å². The van der Waals surface area contributed by atoms with Crippen LogP contribution >= 0.6 is 0 Å². The molecule has 2 aromatic rings. The Morgan fingerprint density at radius 1 is 1.62 bits per heavy atom. The Kier molecular flexibility index (Phi) is 2.76. The molecule has 0 bridgehead atoms. The molecule has 5 nitrogen and oxygen atoms in total. The van der Waals surface area contributed by atoms with E-state index >= 15 is 0 Å². The fraction of sp³-hybridized carbons (Fsp3) is 0.273. The third kappa shape index (κ3) is 1.60. The van der Waals surface area contributed by atoms with Gasteiger partial charge in [-0.15, -0.1) is 0 Å². The molecule has 0 aromatic carbocycles. The zero-order valence-electron chi connectivity index (χ0n) is 9.11. The summed E-state index contributed by atoms with van der Waals surface area (Å²) in [5.74, 6) is 0.147. The lowest BCUT2D eigenvalue weighted by atomic mass is 10.1. The second-order valence-corrected chi connectivity index (χ2v) is 3.25. The Morgan fingerprint density at radius 3 is 3.00 bits per heavy atom. The first-order valence-electron chi connectivity index (χ1n) is 4.97. The minimum atomic E-state index is -0.406. The van der Waals surface area contributed by atoms with Crippen LogP contribution < -0.4 is 0 Å². The van der Waals surface area contributed by atoms with Gasteiger partial charge in [0.15, 0.2) is 5.76 Å². The summed E-state index contributed by atoms with van der Waals surface area (Å²) >= 11 is 0. The SMILES string of the molecule is CCc1[nH]nc(-c2ccco2)c1C(=O)OC. The highest BCUT2D eigenvalue weighted by Crippen LogP contribution is 2.25. The van der Waals surface area contributed by atoms with Crippen molar-refractivity contribution in [2.24, 2.45) is 0 Å². The molecule has 0 fully saturated rings. The molecular weight excluding hydrogens is 208 g/mol. The number of aryl methyl sites for hydroxylation is 1. The number of methoxy groups -OCH3 is 1. The van der Waals surface area contributed by atoms with Crippen molar-refractivity contribution in [3.63, 3.8) is 0 Å². The second kappa shape index (κ2) is 4.22. The van der Waals surface area contributed by atoms with Crippen molar-refractivity contribution in [3.8, 4) is 11.5 Å². The molecule has 84 valence electrons. The van der Waals surface area contributed by atoms with E-state index in [-0.39, 0.29) is 0 Å². The van der Waals surface area contributed by atoms with Crippen LogP contribution in [-0.4, -0.2) is 23.3 Å². The summed E-state index contributed by atoms with van der Waals surface area (Å²) in [5, 5.41) is 6.90. The lowest BCUT2D eigenvalue weighted by molar-refractivity contribution is 0.0600. The number of nitrogens with one attached hydrogen (secondary N) is 1. The van der Waals surface area contributed by atoms with Crippen LogP contribution in [0.1, 0.15) is 23.0 Å². The molecular formula is C11H12N2O3. The number of hydrogen-bond acceptors (Lipinski definition) is 4. The Bertz CT molecular complexity index is 485. The predicted molar refractivity (Wildman–Crippen MR) is 57.0 cm³/mol. The normalized spacial score (nSPS) is 10.4. The van der Waals surface area contributed by atoms with E-state index in [1.165, 1.54) is 13.4 Å². The molecule has 0 unspecified atom stereocenters. The fourth-order valence-electron chi connectivity index (χ4n) is 1.55. The molecule has 2 rings (SSSR count). The van der Waals surface area contributed by atoms with E-state index in [0.717, 1.165) is 5.69 Å². The Morgan fingerprint density at radius 2 is 2.44 bits per heavy atom. The maximum atomic E-state index is 11.6. The van der Waals surface area contributed by atoms with Crippen molar-refractivity contribution in [3.05, 3.63) is 29.7 Å². The molecule has 1 N–H and O–H groups in total. The van der Waals surface area contributed by atoms with Crippen LogP contribution in [0.2, 0.25) is 0 Å². The zero-order valence-corrected chi connectivity index (χ0v) is 9.11. The van der Waals surface area contributed by atoms with Crippen molar-refractivity contribution < 1.29 is 13.9 Å². The van der Waals surface area contributed by atoms with Crippen LogP contribution in [0.4, 0.5) is 0 Å². The van der Waals surface area contributed by atoms with Gasteiger partial charge in [-0.1, -0.05) is 6.92 Å². The minimum absolute atomic E-state index is 0.406. The summed E-state index contributed by atoms with van der Waals surface area (Å²) in [6, 6.07) is 3.50. The van der Waals surface area contributed by atoms with E-state index in [9.17, 15) is 4.79 Å². The van der Waals surface area contributed by atoms with E-state index in [1.54, 1.807) is 12.1 Å². The minimum Gasteiger partial charge on any atom is -0.465 e. The van der Waals surface area contributed by atoms with Gasteiger partial charge in [-0.2, -0.15) is 5.10 Å². The summed E-state index contributed by atoms with van der Waals surface area (Å²) < 4.78 is 9.96. The summed E-state index contributed by atoms with van der Waals surface area (Å²) in [7, 11) is 1.35. The van der Waals surface area contributed by atoms with Gasteiger partial charge in [0.25, 0.3) is 0 Å². The third-order valence-corrected chi connectivity index (χ3v) is 2.34. The first kappa shape index (κ1) is 10.5. The molecule has 0 aliphatic carbocycles. The van der Waals surface area contributed by atoms with Gasteiger partial charge in [0.1, 0.15) is 11.3 Å². The standard InChI is InChI=1S/C11H12N2O3/c1-3-7-9(11(14)15-2)10(13-12-7)8-5-4-6-16-8/h4-6H,3H2,1-2H3,(H,12,13). The maximum absolute atomic E-state index is 11.6. The number of carbonyl (C=O) groups excluding carboxylic acids is 1. The average Bonchev–Trinajstić information content (AvgIpc) is 2.95. The molecule has 0 saturated heterocycles. The van der Waals surface area contributed by atoms with E-state index in [4.69, 9.17) is 9.15 Å². The Hall–Kier alpha value is -2.04. The highest BCUT2D eigenvalue weighted by Gasteiger charge is 2.22. The smallest absolute Gasteiger partial charge is 0.342 e. The van der Waals surface area contributed by atoms with Crippen LogP contribution in [0.5, 0.6) is 0 Å². The molecule has 5 heteroatoms. The van der Waals surface area contributed by atoms with Crippen LogP contribution in [0.15, 0.2) is 22.8 Å². The monoisotopic (exact) mass is 220 g/mol. The second-order valence-electron chi connectivity index (χ2n) is 3.25. The topological polar surface area (TPSA) is 68.1 Å². The molecule has 0 aliphatic rings. The molecule has 0 saturated carbocycles. The van der Waals surface area contributed by atoms with Gasteiger partial charge in [-0.25, -0.2) is 4.79 Å². The molecule has 0 amide bonds. The van der Waals surface area contributed by atoms with Gasteiger partial charge in [0, 0.05) is 0 Å². The number of ether oxygens (including phenoxy) is 1.